The first-order valence-corrected chi connectivity index (χ1v) is 11.2. The molecule has 34 heavy (non-hydrogen) atoms. The van der Waals surface area contributed by atoms with Crippen LogP contribution in [0.2, 0.25) is 0 Å². The normalized spacial score (nSPS) is 11.0. The lowest BCUT2D eigenvalue weighted by molar-refractivity contribution is -0.117. The lowest BCUT2D eigenvalue weighted by Crippen LogP contribution is -2.43. The fourth-order valence-corrected chi connectivity index (χ4v) is 3.73. The molecule has 3 aromatic rings. The van der Waals surface area contributed by atoms with E-state index in [0.29, 0.717) is 11.4 Å². The van der Waals surface area contributed by atoms with Gasteiger partial charge in [-0.15, -0.1) is 0 Å². The quantitative estimate of drug-likeness (QED) is 0.535. The Labute approximate surface area is 198 Å². The Hall–Kier alpha value is -3.94. The van der Waals surface area contributed by atoms with Crippen molar-refractivity contribution in [3.8, 4) is 0 Å². The molecule has 8 nitrogen and oxygen atoms in total. The molecule has 0 aliphatic carbocycles. The average Bonchev–Trinajstić information content (AvgIpc) is 2.79. The van der Waals surface area contributed by atoms with E-state index >= 15 is 0 Å². The third-order valence-corrected chi connectivity index (χ3v) is 5.47. The molecule has 8 heteroatoms. The largest absolute Gasteiger partial charge is 0.331 e. The fraction of sp³-hybridized carbons (Fsp3) is 0.308. The Morgan fingerprint density at radius 1 is 0.735 bits per heavy atom. The number of anilines is 2. The van der Waals surface area contributed by atoms with Crippen LogP contribution in [0.25, 0.3) is 0 Å². The van der Waals surface area contributed by atoms with Gasteiger partial charge in [0.25, 0.3) is 5.56 Å². The van der Waals surface area contributed by atoms with E-state index in [1.807, 2.05) is 58.0 Å². The summed E-state index contributed by atoms with van der Waals surface area (Å²) in [6, 6.07) is 16.0. The number of hydrogen-bond acceptors (Lipinski definition) is 4. The molecule has 0 unspecified atom stereocenters. The summed E-state index contributed by atoms with van der Waals surface area (Å²) >= 11 is 0. The van der Waals surface area contributed by atoms with Crippen LogP contribution < -0.4 is 21.9 Å². The topological polar surface area (TPSA) is 102 Å². The first-order valence-electron chi connectivity index (χ1n) is 11.2. The number of nitrogens with zero attached hydrogens (tertiary/aromatic N) is 2. The van der Waals surface area contributed by atoms with Crippen LogP contribution in [-0.2, 0) is 22.7 Å². The number of benzene rings is 2. The predicted octanol–water partition coefficient (Wildman–Crippen LogP) is 3.53. The minimum Gasteiger partial charge on any atom is -0.324 e. The van der Waals surface area contributed by atoms with E-state index in [1.165, 1.54) is 12.3 Å². The number of para-hydroxylation sites is 2. The van der Waals surface area contributed by atoms with Gasteiger partial charge in [0.15, 0.2) is 0 Å². The Morgan fingerprint density at radius 3 is 1.71 bits per heavy atom. The lowest BCUT2D eigenvalue weighted by atomic mass is 10.0. The molecule has 2 amide bonds. The number of rotatable bonds is 8. The van der Waals surface area contributed by atoms with Crippen LogP contribution in [-0.4, -0.2) is 20.9 Å². The van der Waals surface area contributed by atoms with Gasteiger partial charge in [-0.25, -0.2) is 4.79 Å². The summed E-state index contributed by atoms with van der Waals surface area (Å²) in [4.78, 5) is 50.5. The van der Waals surface area contributed by atoms with Crippen molar-refractivity contribution in [2.75, 3.05) is 10.6 Å². The van der Waals surface area contributed by atoms with Gasteiger partial charge in [0.1, 0.15) is 13.1 Å². The monoisotopic (exact) mass is 462 g/mol. The summed E-state index contributed by atoms with van der Waals surface area (Å²) < 4.78 is 1.94. The van der Waals surface area contributed by atoms with Crippen LogP contribution in [0.15, 0.2) is 70.4 Å². The highest BCUT2D eigenvalue weighted by Gasteiger charge is 2.15. The Morgan fingerprint density at radius 2 is 1.21 bits per heavy atom. The molecule has 0 fully saturated rings. The van der Waals surface area contributed by atoms with E-state index in [1.54, 1.807) is 18.2 Å². The predicted molar refractivity (Wildman–Crippen MR) is 133 cm³/mol. The zero-order valence-corrected chi connectivity index (χ0v) is 19.9. The highest BCUT2D eigenvalue weighted by Crippen LogP contribution is 2.24. The standard InChI is InChI=1S/C26H30N4O4/c1-17(2)19-9-5-7-11-21(19)27-23(31)15-29-14-13-25(33)30(26(29)34)16-24(32)28-22-12-8-6-10-20(22)18(3)4/h5-14,17-18H,15-16H2,1-4H3,(H,27,31)(H,28,32). The second kappa shape index (κ2) is 10.8. The van der Waals surface area contributed by atoms with Gasteiger partial charge in [0, 0.05) is 23.6 Å². The molecule has 2 aromatic carbocycles. The molecule has 1 heterocycles. The van der Waals surface area contributed by atoms with E-state index in [2.05, 4.69) is 10.6 Å². The highest BCUT2D eigenvalue weighted by molar-refractivity contribution is 5.92. The van der Waals surface area contributed by atoms with Crippen LogP contribution in [0, 0.1) is 0 Å². The van der Waals surface area contributed by atoms with Gasteiger partial charge >= 0.3 is 5.69 Å². The van der Waals surface area contributed by atoms with Crippen molar-refractivity contribution >= 4 is 23.2 Å². The number of hydrogen-bond donors (Lipinski definition) is 2. The van der Waals surface area contributed by atoms with Crippen molar-refractivity contribution in [1.29, 1.82) is 0 Å². The smallest absolute Gasteiger partial charge is 0.324 e. The van der Waals surface area contributed by atoms with Crippen molar-refractivity contribution in [2.45, 2.75) is 52.6 Å². The molecule has 0 aliphatic heterocycles. The Balaban J connectivity index is 1.76. The van der Waals surface area contributed by atoms with Crippen molar-refractivity contribution in [3.63, 3.8) is 0 Å². The number of aromatic nitrogens is 2. The van der Waals surface area contributed by atoms with Gasteiger partial charge in [-0.1, -0.05) is 64.1 Å². The maximum absolute atomic E-state index is 12.9. The van der Waals surface area contributed by atoms with Crippen LogP contribution >= 0.6 is 0 Å². The van der Waals surface area contributed by atoms with Gasteiger partial charge < -0.3 is 10.6 Å². The Bertz CT molecular complexity index is 1300. The van der Waals surface area contributed by atoms with Crippen LogP contribution in [0.1, 0.15) is 50.7 Å². The maximum Gasteiger partial charge on any atom is 0.331 e. The van der Waals surface area contributed by atoms with E-state index < -0.39 is 29.6 Å². The fourth-order valence-electron chi connectivity index (χ4n) is 3.73. The van der Waals surface area contributed by atoms with Gasteiger partial charge in [0.05, 0.1) is 0 Å². The summed E-state index contributed by atoms with van der Waals surface area (Å²) in [7, 11) is 0. The van der Waals surface area contributed by atoms with E-state index in [4.69, 9.17) is 0 Å². The minimum atomic E-state index is -0.730. The Kier molecular flexibility index (Phi) is 7.83. The molecule has 0 spiro atoms. The number of carbonyl (C=O) groups excluding carboxylic acids is 2. The number of carbonyl (C=O) groups is 2. The zero-order valence-electron chi connectivity index (χ0n) is 19.9. The second-order valence-corrected chi connectivity index (χ2v) is 8.73. The molecule has 0 radical (unpaired) electrons. The highest BCUT2D eigenvalue weighted by atomic mass is 16.2. The summed E-state index contributed by atoms with van der Waals surface area (Å²) in [6.45, 7) is 7.32. The van der Waals surface area contributed by atoms with E-state index in [0.717, 1.165) is 20.3 Å². The first kappa shape index (κ1) is 24.7. The summed E-state index contributed by atoms with van der Waals surface area (Å²) in [6.07, 6.45) is 1.26. The zero-order chi connectivity index (χ0) is 24.8. The number of amides is 2. The molecule has 2 N–H and O–H groups in total. The summed E-state index contributed by atoms with van der Waals surface area (Å²) in [5, 5.41) is 5.60. The van der Waals surface area contributed by atoms with E-state index in [9.17, 15) is 19.2 Å². The van der Waals surface area contributed by atoms with E-state index in [-0.39, 0.29) is 18.4 Å². The molecule has 0 aliphatic rings. The SMILES string of the molecule is CC(C)c1ccccc1NC(=O)Cn1ccc(=O)n(CC(=O)Nc2ccccc2C(C)C)c1=O. The molecule has 1 aromatic heterocycles. The van der Waals surface area contributed by atoms with Crippen LogP contribution in [0.5, 0.6) is 0 Å². The molecule has 3 rings (SSSR count). The molecule has 0 bridgehead atoms. The van der Waals surface area contributed by atoms with Crippen molar-refractivity contribution in [3.05, 3.63) is 92.8 Å². The van der Waals surface area contributed by atoms with Crippen molar-refractivity contribution < 1.29 is 9.59 Å². The first-order chi connectivity index (χ1) is 16.2. The molecule has 0 saturated heterocycles. The van der Waals surface area contributed by atoms with Crippen LogP contribution in [0.3, 0.4) is 0 Å². The molecule has 178 valence electrons. The third-order valence-electron chi connectivity index (χ3n) is 5.47. The minimum absolute atomic E-state index is 0.188. The molecule has 0 saturated carbocycles. The second-order valence-electron chi connectivity index (χ2n) is 8.73. The van der Waals surface area contributed by atoms with Gasteiger partial charge in [-0.3, -0.25) is 23.5 Å². The average molecular weight is 463 g/mol. The van der Waals surface area contributed by atoms with Crippen molar-refractivity contribution in [1.82, 2.24) is 9.13 Å². The summed E-state index contributed by atoms with van der Waals surface area (Å²) in [5.41, 5.74) is 1.90. The van der Waals surface area contributed by atoms with Crippen LogP contribution in [0.4, 0.5) is 11.4 Å². The lowest BCUT2D eigenvalue weighted by Gasteiger charge is -2.15. The summed E-state index contributed by atoms with van der Waals surface area (Å²) in [5.74, 6) is -0.510. The van der Waals surface area contributed by atoms with Gasteiger partial charge in [-0.05, 0) is 35.1 Å². The van der Waals surface area contributed by atoms with Gasteiger partial charge in [-0.2, -0.15) is 0 Å². The molecular weight excluding hydrogens is 432 g/mol. The third kappa shape index (κ3) is 5.89. The molecular formula is C26H30N4O4. The van der Waals surface area contributed by atoms with Crippen molar-refractivity contribution in [2.24, 2.45) is 0 Å². The number of nitrogens with one attached hydrogen (secondary N) is 2. The maximum atomic E-state index is 12.9. The molecule has 0 atom stereocenters. The van der Waals surface area contributed by atoms with Gasteiger partial charge in [0.2, 0.25) is 11.8 Å².